The van der Waals surface area contributed by atoms with Gasteiger partial charge in [-0.05, 0) is 92.6 Å². The van der Waals surface area contributed by atoms with Gasteiger partial charge >= 0.3 is 0 Å². The van der Waals surface area contributed by atoms with Gasteiger partial charge in [-0.25, -0.2) is 0 Å². The summed E-state index contributed by atoms with van der Waals surface area (Å²) < 4.78 is 0. The molecule has 0 radical (unpaired) electrons. The molecule has 0 aromatic heterocycles. The zero-order valence-corrected chi connectivity index (χ0v) is 18.4. The Bertz CT molecular complexity index is 674. The van der Waals surface area contributed by atoms with Gasteiger partial charge in [-0.2, -0.15) is 5.26 Å². The first kappa shape index (κ1) is 21.9. The summed E-state index contributed by atoms with van der Waals surface area (Å²) >= 11 is 0. The minimum Gasteiger partial charge on any atom is -0.193 e. The molecule has 0 spiro atoms. The number of allylic oxidation sites excluding steroid dienone is 4. The van der Waals surface area contributed by atoms with Crippen molar-refractivity contribution in [3.63, 3.8) is 0 Å². The van der Waals surface area contributed by atoms with E-state index in [2.05, 4.69) is 37.3 Å². The number of aryl methyl sites for hydroxylation is 1. The molecule has 1 heteroatoms. The summed E-state index contributed by atoms with van der Waals surface area (Å²) in [5.41, 5.74) is 3.08. The van der Waals surface area contributed by atoms with E-state index in [4.69, 9.17) is 5.26 Å². The Balaban J connectivity index is 1.36. The molecular formula is C28H39N. The second-order valence-electron chi connectivity index (χ2n) is 9.38. The predicted octanol–water partition coefficient (Wildman–Crippen LogP) is 8.14. The summed E-state index contributed by atoms with van der Waals surface area (Å²) in [5, 5.41) is 8.49. The number of rotatable bonds is 8. The summed E-state index contributed by atoms with van der Waals surface area (Å²) in [6.07, 6.45) is 24.0. The van der Waals surface area contributed by atoms with Gasteiger partial charge in [0.15, 0.2) is 0 Å². The van der Waals surface area contributed by atoms with Crippen molar-refractivity contribution < 1.29 is 0 Å². The third kappa shape index (κ3) is 6.88. The highest BCUT2D eigenvalue weighted by Gasteiger charge is 2.31. The first-order valence-electron chi connectivity index (χ1n) is 12.1. The van der Waals surface area contributed by atoms with Crippen LogP contribution >= 0.6 is 0 Å². The van der Waals surface area contributed by atoms with Crippen molar-refractivity contribution in [3.05, 3.63) is 59.7 Å². The Hall–Kier alpha value is -1.81. The maximum absolute atomic E-state index is 8.49. The summed E-state index contributed by atoms with van der Waals surface area (Å²) in [6, 6.07) is 11.6. The first-order valence-corrected chi connectivity index (χ1v) is 12.1. The van der Waals surface area contributed by atoms with Crippen LogP contribution in [0.4, 0.5) is 0 Å². The number of hydrogen-bond donors (Lipinski definition) is 0. The third-order valence-electron chi connectivity index (χ3n) is 7.48. The second kappa shape index (κ2) is 12.0. The lowest BCUT2D eigenvalue weighted by Crippen LogP contribution is -2.25. The van der Waals surface area contributed by atoms with Crippen LogP contribution in [0, 0.1) is 29.1 Å². The number of nitrogens with zero attached hydrogens (tertiary/aromatic N) is 1. The molecule has 1 aromatic rings. The molecule has 2 aliphatic rings. The van der Waals surface area contributed by atoms with E-state index < -0.39 is 0 Å². The standard InChI is InChI=1S/C28H39N/c1-2-8-23-10-14-25(15-11-23)27-18-20-28(21-19-27)26-16-12-24(13-17-26)9-6-4-3-5-7-22-29/h3-5,7,10-11,14-15,24,26-28H,2,6,8-9,12-13,16-21H2,1H3/b4-3+,7-5+. The van der Waals surface area contributed by atoms with Crippen molar-refractivity contribution >= 4 is 0 Å². The number of nitriles is 1. The van der Waals surface area contributed by atoms with Gasteiger partial charge in [0.1, 0.15) is 0 Å². The molecule has 1 nitrogen and oxygen atoms in total. The predicted molar refractivity (Wildman–Crippen MR) is 124 cm³/mol. The van der Waals surface area contributed by atoms with Crippen molar-refractivity contribution in [2.75, 3.05) is 0 Å². The minimum atomic E-state index is 0.806. The SMILES string of the molecule is CCCc1ccc(C2CCC(C3CCC(CC/C=C/C=C/C#N)CC3)CC2)cc1. The smallest absolute Gasteiger partial charge is 0.0912 e. The highest BCUT2D eigenvalue weighted by atomic mass is 14.4. The molecule has 2 saturated carbocycles. The summed E-state index contributed by atoms with van der Waals surface area (Å²) in [5.74, 6) is 3.71. The highest BCUT2D eigenvalue weighted by Crippen LogP contribution is 2.44. The van der Waals surface area contributed by atoms with Crippen molar-refractivity contribution in [1.82, 2.24) is 0 Å². The molecular weight excluding hydrogens is 350 g/mol. The molecule has 29 heavy (non-hydrogen) atoms. The molecule has 2 fully saturated rings. The Kier molecular flexibility index (Phi) is 9.07. The summed E-state index contributed by atoms with van der Waals surface area (Å²) in [7, 11) is 0. The maximum atomic E-state index is 8.49. The van der Waals surface area contributed by atoms with E-state index >= 15 is 0 Å². The third-order valence-corrected chi connectivity index (χ3v) is 7.48. The van der Waals surface area contributed by atoms with Crippen molar-refractivity contribution in [1.29, 1.82) is 5.26 Å². The van der Waals surface area contributed by atoms with Crippen LogP contribution in [-0.2, 0) is 6.42 Å². The molecule has 0 heterocycles. The van der Waals surface area contributed by atoms with Gasteiger partial charge in [0.05, 0.1) is 6.07 Å². The van der Waals surface area contributed by atoms with Crippen LogP contribution in [0.1, 0.15) is 94.6 Å². The fraction of sp³-hybridized carbons (Fsp3) is 0.607. The van der Waals surface area contributed by atoms with Gasteiger partial charge in [0.25, 0.3) is 0 Å². The zero-order chi connectivity index (χ0) is 20.3. The topological polar surface area (TPSA) is 23.8 Å². The Morgan fingerprint density at radius 2 is 1.55 bits per heavy atom. The second-order valence-corrected chi connectivity index (χ2v) is 9.38. The van der Waals surface area contributed by atoms with Crippen LogP contribution in [0.5, 0.6) is 0 Å². The Morgan fingerprint density at radius 3 is 2.17 bits per heavy atom. The first-order chi connectivity index (χ1) is 14.3. The van der Waals surface area contributed by atoms with Gasteiger partial charge in [0, 0.05) is 6.08 Å². The van der Waals surface area contributed by atoms with Gasteiger partial charge < -0.3 is 0 Å². The van der Waals surface area contributed by atoms with Gasteiger partial charge in [-0.3, -0.25) is 0 Å². The van der Waals surface area contributed by atoms with Crippen LogP contribution in [0.2, 0.25) is 0 Å². The molecule has 1 aromatic carbocycles. The Morgan fingerprint density at radius 1 is 0.897 bits per heavy atom. The average Bonchev–Trinajstić information content (AvgIpc) is 2.78. The van der Waals surface area contributed by atoms with Crippen molar-refractivity contribution in [2.24, 2.45) is 17.8 Å². The number of hydrogen-bond acceptors (Lipinski definition) is 1. The van der Waals surface area contributed by atoms with E-state index in [1.54, 1.807) is 5.56 Å². The van der Waals surface area contributed by atoms with E-state index in [9.17, 15) is 0 Å². The lowest BCUT2D eigenvalue weighted by atomic mass is 9.68. The molecule has 2 aliphatic carbocycles. The monoisotopic (exact) mass is 389 g/mol. The lowest BCUT2D eigenvalue weighted by molar-refractivity contribution is 0.157. The molecule has 0 amide bonds. The fourth-order valence-electron chi connectivity index (χ4n) is 5.72. The molecule has 0 aliphatic heterocycles. The van der Waals surface area contributed by atoms with E-state index in [0.29, 0.717) is 0 Å². The summed E-state index contributed by atoms with van der Waals surface area (Å²) in [4.78, 5) is 0. The van der Waals surface area contributed by atoms with Crippen LogP contribution in [-0.4, -0.2) is 0 Å². The van der Waals surface area contributed by atoms with E-state index in [1.807, 2.05) is 18.2 Å². The van der Waals surface area contributed by atoms with Gasteiger partial charge in [-0.15, -0.1) is 0 Å². The molecule has 0 unspecified atom stereocenters. The molecule has 0 N–H and O–H groups in total. The number of benzene rings is 1. The van der Waals surface area contributed by atoms with Gasteiger partial charge in [0.2, 0.25) is 0 Å². The van der Waals surface area contributed by atoms with Crippen LogP contribution in [0.25, 0.3) is 0 Å². The minimum absolute atomic E-state index is 0.806. The quantitative estimate of drug-likeness (QED) is 0.325. The molecule has 0 atom stereocenters. The maximum Gasteiger partial charge on any atom is 0.0912 e. The normalized spacial score (nSPS) is 28.0. The lowest BCUT2D eigenvalue weighted by Gasteiger charge is -2.38. The molecule has 0 bridgehead atoms. The fourth-order valence-corrected chi connectivity index (χ4v) is 5.72. The van der Waals surface area contributed by atoms with Crippen LogP contribution in [0.3, 0.4) is 0 Å². The van der Waals surface area contributed by atoms with Crippen LogP contribution < -0.4 is 0 Å². The largest absolute Gasteiger partial charge is 0.193 e. The molecule has 0 saturated heterocycles. The average molecular weight is 390 g/mol. The van der Waals surface area contributed by atoms with E-state index in [1.165, 1.54) is 82.3 Å². The molecule has 3 rings (SSSR count). The zero-order valence-electron chi connectivity index (χ0n) is 18.4. The van der Waals surface area contributed by atoms with E-state index in [-0.39, 0.29) is 0 Å². The highest BCUT2D eigenvalue weighted by molar-refractivity contribution is 5.26. The van der Waals surface area contributed by atoms with Crippen molar-refractivity contribution in [3.8, 4) is 6.07 Å². The van der Waals surface area contributed by atoms with Crippen LogP contribution in [0.15, 0.2) is 48.6 Å². The van der Waals surface area contributed by atoms with E-state index in [0.717, 1.165) is 30.1 Å². The Labute approximate surface area is 178 Å². The summed E-state index contributed by atoms with van der Waals surface area (Å²) in [6.45, 7) is 2.26. The van der Waals surface area contributed by atoms with Crippen molar-refractivity contribution in [2.45, 2.75) is 89.9 Å². The molecule has 156 valence electrons. The van der Waals surface area contributed by atoms with Gasteiger partial charge in [-0.1, -0.05) is 68.7 Å².